The largest absolute Gasteiger partial charge is 0.494 e. The average molecular weight is 282 g/mol. The van der Waals surface area contributed by atoms with Crippen LogP contribution < -0.4 is 4.74 Å². The van der Waals surface area contributed by atoms with Gasteiger partial charge in [0.15, 0.2) is 0 Å². The molecule has 0 bridgehead atoms. The van der Waals surface area contributed by atoms with E-state index in [2.05, 4.69) is 0 Å². The number of ether oxygens (including phenoxy) is 1. The van der Waals surface area contributed by atoms with Crippen molar-refractivity contribution < 1.29 is 14.6 Å². The number of carboxylic acids is 1. The number of carboxylic acid groups (broad SMARTS) is 1. The first-order valence-corrected chi connectivity index (χ1v) is 7.92. The third-order valence-electron chi connectivity index (χ3n) is 2.62. The number of para-hydroxylation sites is 1. The van der Waals surface area contributed by atoms with Crippen molar-refractivity contribution >= 4 is 17.7 Å². The highest BCUT2D eigenvalue weighted by Crippen LogP contribution is 2.11. The molecule has 0 aromatic heterocycles. The van der Waals surface area contributed by atoms with E-state index in [4.69, 9.17) is 9.84 Å². The first-order chi connectivity index (χ1) is 9.29. The molecule has 1 N–H and O–H groups in total. The summed E-state index contributed by atoms with van der Waals surface area (Å²) in [6.07, 6.45) is 4.27. The molecule has 0 unspecified atom stereocenters. The molecule has 0 aliphatic heterocycles. The van der Waals surface area contributed by atoms with Crippen LogP contribution in [-0.4, -0.2) is 29.2 Å². The summed E-state index contributed by atoms with van der Waals surface area (Å²) >= 11 is 1.92. The Bertz CT molecular complexity index is 341. The van der Waals surface area contributed by atoms with Crippen molar-refractivity contribution in [1.29, 1.82) is 0 Å². The lowest BCUT2D eigenvalue weighted by atomic mass is 10.2. The predicted molar refractivity (Wildman–Crippen MR) is 80.0 cm³/mol. The van der Waals surface area contributed by atoms with Gasteiger partial charge in [-0.1, -0.05) is 24.6 Å². The van der Waals surface area contributed by atoms with Crippen molar-refractivity contribution in [3.05, 3.63) is 30.3 Å². The first-order valence-electron chi connectivity index (χ1n) is 6.76. The van der Waals surface area contributed by atoms with Crippen LogP contribution in [0.1, 0.15) is 32.1 Å². The van der Waals surface area contributed by atoms with Crippen LogP contribution in [0.25, 0.3) is 0 Å². The van der Waals surface area contributed by atoms with Gasteiger partial charge in [-0.15, -0.1) is 0 Å². The van der Waals surface area contributed by atoms with Crippen molar-refractivity contribution in [3.63, 3.8) is 0 Å². The van der Waals surface area contributed by atoms with Gasteiger partial charge in [0.1, 0.15) is 5.75 Å². The Hall–Kier alpha value is -1.16. The molecule has 3 nitrogen and oxygen atoms in total. The summed E-state index contributed by atoms with van der Waals surface area (Å²) in [5.41, 5.74) is 0. The standard InChI is InChI=1S/C15H22O3S/c16-15(17)10-5-2-6-12-19-13-7-11-18-14-8-3-1-4-9-14/h1,3-4,8-9H,2,5-7,10-13H2,(H,16,17). The average Bonchev–Trinajstić information content (AvgIpc) is 2.42. The van der Waals surface area contributed by atoms with Gasteiger partial charge in [-0.05, 0) is 42.9 Å². The van der Waals surface area contributed by atoms with Crippen LogP contribution in [0.2, 0.25) is 0 Å². The minimum absolute atomic E-state index is 0.301. The molecule has 0 saturated heterocycles. The second-order valence-corrected chi connectivity index (χ2v) is 5.56. The Kier molecular flexibility index (Phi) is 8.98. The normalized spacial score (nSPS) is 10.3. The Morgan fingerprint density at radius 3 is 2.53 bits per heavy atom. The second kappa shape index (κ2) is 10.7. The van der Waals surface area contributed by atoms with Gasteiger partial charge >= 0.3 is 5.97 Å². The zero-order valence-corrected chi connectivity index (χ0v) is 12.0. The zero-order chi connectivity index (χ0) is 13.8. The lowest BCUT2D eigenvalue weighted by Gasteiger charge is -2.05. The minimum atomic E-state index is -0.689. The van der Waals surface area contributed by atoms with E-state index in [-0.39, 0.29) is 0 Å². The fourth-order valence-electron chi connectivity index (χ4n) is 1.63. The van der Waals surface area contributed by atoms with Crippen molar-refractivity contribution in [2.24, 2.45) is 0 Å². The lowest BCUT2D eigenvalue weighted by Crippen LogP contribution is -1.99. The number of benzene rings is 1. The second-order valence-electron chi connectivity index (χ2n) is 4.33. The van der Waals surface area contributed by atoms with Crippen molar-refractivity contribution in [1.82, 2.24) is 0 Å². The number of thioether (sulfide) groups is 1. The molecular weight excluding hydrogens is 260 g/mol. The summed E-state index contributed by atoms with van der Waals surface area (Å²) in [5, 5.41) is 8.49. The number of hydrogen-bond donors (Lipinski definition) is 1. The highest BCUT2D eigenvalue weighted by molar-refractivity contribution is 7.99. The third-order valence-corrected chi connectivity index (χ3v) is 3.78. The third kappa shape index (κ3) is 9.42. The van der Waals surface area contributed by atoms with Crippen LogP contribution in [-0.2, 0) is 4.79 Å². The molecule has 1 aromatic carbocycles. The van der Waals surface area contributed by atoms with Gasteiger partial charge in [0.05, 0.1) is 6.61 Å². The molecule has 19 heavy (non-hydrogen) atoms. The van der Waals surface area contributed by atoms with Crippen molar-refractivity contribution in [2.45, 2.75) is 32.1 Å². The van der Waals surface area contributed by atoms with E-state index in [0.717, 1.165) is 49.5 Å². The van der Waals surface area contributed by atoms with Gasteiger partial charge < -0.3 is 9.84 Å². The van der Waals surface area contributed by atoms with E-state index in [0.29, 0.717) is 6.42 Å². The van der Waals surface area contributed by atoms with E-state index >= 15 is 0 Å². The SMILES string of the molecule is O=C(O)CCCCCSCCCOc1ccccc1. The molecule has 1 aromatic rings. The minimum Gasteiger partial charge on any atom is -0.494 e. The fourth-order valence-corrected chi connectivity index (χ4v) is 2.56. The summed E-state index contributed by atoms with van der Waals surface area (Å²) in [5.74, 6) is 2.46. The number of rotatable bonds is 11. The first kappa shape index (κ1) is 15.9. The molecule has 0 aliphatic rings. The molecular formula is C15H22O3S. The highest BCUT2D eigenvalue weighted by atomic mass is 32.2. The molecule has 1 rings (SSSR count). The van der Waals surface area contributed by atoms with Gasteiger partial charge in [0.2, 0.25) is 0 Å². The van der Waals surface area contributed by atoms with E-state index in [1.54, 1.807) is 0 Å². The van der Waals surface area contributed by atoms with Gasteiger partial charge in [0, 0.05) is 6.42 Å². The molecule has 0 spiro atoms. The number of aliphatic carboxylic acids is 1. The molecule has 0 radical (unpaired) electrons. The van der Waals surface area contributed by atoms with Crippen LogP contribution in [0.5, 0.6) is 5.75 Å². The molecule has 0 saturated carbocycles. The fraction of sp³-hybridized carbons (Fsp3) is 0.533. The van der Waals surface area contributed by atoms with Gasteiger partial charge in [0.25, 0.3) is 0 Å². The van der Waals surface area contributed by atoms with Crippen LogP contribution in [0.15, 0.2) is 30.3 Å². The zero-order valence-electron chi connectivity index (χ0n) is 11.2. The maximum Gasteiger partial charge on any atom is 0.303 e. The Morgan fingerprint density at radius 2 is 1.79 bits per heavy atom. The maximum atomic E-state index is 10.3. The lowest BCUT2D eigenvalue weighted by molar-refractivity contribution is -0.137. The molecule has 106 valence electrons. The maximum absolute atomic E-state index is 10.3. The smallest absolute Gasteiger partial charge is 0.303 e. The number of unbranched alkanes of at least 4 members (excludes halogenated alkanes) is 2. The van der Waals surface area contributed by atoms with E-state index < -0.39 is 5.97 Å². The van der Waals surface area contributed by atoms with Gasteiger partial charge in [-0.2, -0.15) is 11.8 Å². The van der Waals surface area contributed by atoms with Crippen LogP contribution in [0.3, 0.4) is 0 Å². The quantitative estimate of drug-likeness (QED) is 0.626. The van der Waals surface area contributed by atoms with E-state index in [1.165, 1.54) is 0 Å². The summed E-state index contributed by atoms with van der Waals surface area (Å²) in [4.78, 5) is 10.3. The molecule has 4 heteroatoms. The predicted octanol–water partition coefficient (Wildman–Crippen LogP) is 3.83. The van der Waals surface area contributed by atoms with Crippen molar-refractivity contribution in [3.8, 4) is 5.75 Å². The number of carbonyl (C=O) groups is 1. The molecule has 0 atom stereocenters. The van der Waals surface area contributed by atoms with Crippen LogP contribution >= 0.6 is 11.8 Å². The summed E-state index contributed by atoms with van der Waals surface area (Å²) in [6, 6.07) is 9.86. The van der Waals surface area contributed by atoms with E-state index in [9.17, 15) is 4.79 Å². The number of hydrogen-bond acceptors (Lipinski definition) is 3. The molecule has 0 aliphatic carbocycles. The van der Waals surface area contributed by atoms with Crippen LogP contribution in [0, 0.1) is 0 Å². The van der Waals surface area contributed by atoms with Crippen LogP contribution in [0.4, 0.5) is 0 Å². The summed E-state index contributed by atoms with van der Waals surface area (Å²) in [7, 11) is 0. The molecule has 0 heterocycles. The molecule has 0 fully saturated rings. The Labute approximate surface area is 119 Å². The molecule has 0 amide bonds. The Balaban J connectivity index is 1.83. The highest BCUT2D eigenvalue weighted by Gasteiger charge is 1.97. The monoisotopic (exact) mass is 282 g/mol. The summed E-state index contributed by atoms with van der Waals surface area (Å²) in [6.45, 7) is 0.760. The topological polar surface area (TPSA) is 46.5 Å². The Morgan fingerprint density at radius 1 is 1.05 bits per heavy atom. The summed E-state index contributed by atoms with van der Waals surface area (Å²) < 4.78 is 5.60. The van der Waals surface area contributed by atoms with Gasteiger partial charge in [-0.25, -0.2) is 0 Å². The van der Waals surface area contributed by atoms with Gasteiger partial charge in [-0.3, -0.25) is 4.79 Å². The van der Waals surface area contributed by atoms with E-state index in [1.807, 2.05) is 42.1 Å². The van der Waals surface area contributed by atoms with Crippen molar-refractivity contribution in [2.75, 3.05) is 18.1 Å².